The molecule has 0 aliphatic heterocycles. The Hall–Kier alpha value is -3.34. The highest BCUT2D eigenvalue weighted by Gasteiger charge is 2.19. The van der Waals surface area contributed by atoms with Gasteiger partial charge in [0.2, 0.25) is 0 Å². The number of para-hydroxylation sites is 1. The summed E-state index contributed by atoms with van der Waals surface area (Å²) in [5, 5.41) is 2.96. The molecular formula is C27H30FNO3. The Bertz CT molecular complexity index is 1070. The number of carbonyl (C=O) groups is 1. The number of ether oxygens (including phenoxy) is 2. The van der Waals surface area contributed by atoms with Crippen LogP contribution in [0.25, 0.3) is 0 Å². The SMILES string of the molecule is COc1ccc(C(=O)N[C@@H](C)c2ccc(F)cc2)cc1COc1ccccc1C(C)(C)C. The van der Waals surface area contributed by atoms with Crippen molar-refractivity contribution in [3.8, 4) is 11.5 Å². The van der Waals surface area contributed by atoms with Gasteiger partial charge in [-0.2, -0.15) is 0 Å². The third-order valence-corrected chi connectivity index (χ3v) is 5.34. The van der Waals surface area contributed by atoms with Crippen molar-refractivity contribution in [2.75, 3.05) is 7.11 Å². The summed E-state index contributed by atoms with van der Waals surface area (Å²) in [6.07, 6.45) is 0. The van der Waals surface area contributed by atoms with Crippen LogP contribution in [0.15, 0.2) is 66.7 Å². The summed E-state index contributed by atoms with van der Waals surface area (Å²) in [6, 6.07) is 19.1. The van der Waals surface area contributed by atoms with Gasteiger partial charge in [-0.25, -0.2) is 4.39 Å². The van der Waals surface area contributed by atoms with E-state index >= 15 is 0 Å². The van der Waals surface area contributed by atoms with Crippen LogP contribution >= 0.6 is 0 Å². The predicted octanol–water partition coefficient (Wildman–Crippen LogP) is 6.20. The Balaban J connectivity index is 1.77. The summed E-state index contributed by atoms with van der Waals surface area (Å²) in [4.78, 5) is 12.8. The lowest BCUT2D eigenvalue weighted by atomic mass is 9.86. The lowest BCUT2D eigenvalue weighted by molar-refractivity contribution is 0.0939. The summed E-state index contributed by atoms with van der Waals surface area (Å²) < 4.78 is 24.8. The molecule has 32 heavy (non-hydrogen) atoms. The molecule has 0 heterocycles. The predicted molar refractivity (Wildman–Crippen MR) is 125 cm³/mol. The molecule has 0 saturated heterocycles. The van der Waals surface area contributed by atoms with E-state index in [4.69, 9.17) is 9.47 Å². The van der Waals surface area contributed by atoms with Crippen LogP contribution in [0.2, 0.25) is 0 Å². The van der Waals surface area contributed by atoms with Crippen LogP contribution in [0.1, 0.15) is 60.8 Å². The molecule has 3 aromatic rings. The lowest BCUT2D eigenvalue weighted by Crippen LogP contribution is -2.26. The number of nitrogens with one attached hydrogen (secondary N) is 1. The fraction of sp³-hybridized carbons (Fsp3) is 0.296. The topological polar surface area (TPSA) is 47.6 Å². The van der Waals surface area contributed by atoms with Crippen molar-refractivity contribution in [1.82, 2.24) is 5.32 Å². The highest BCUT2D eigenvalue weighted by Crippen LogP contribution is 2.32. The first kappa shape index (κ1) is 23.3. The van der Waals surface area contributed by atoms with Crippen LogP contribution in [0.3, 0.4) is 0 Å². The quantitative estimate of drug-likeness (QED) is 0.480. The van der Waals surface area contributed by atoms with E-state index in [1.54, 1.807) is 37.4 Å². The Morgan fingerprint density at radius 1 is 1.00 bits per heavy atom. The second-order valence-corrected chi connectivity index (χ2v) is 8.81. The highest BCUT2D eigenvalue weighted by atomic mass is 19.1. The first-order chi connectivity index (χ1) is 15.2. The molecule has 3 rings (SSSR count). The van der Waals surface area contributed by atoms with Crippen LogP contribution in [-0.4, -0.2) is 13.0 Å². The Morgan fingerprint density at radius 3 is 2.34 bits per heavy atom. The standard InChI is InChI=1S/C27H30FNO3/c1-18(19-10-13-22(28)14-11-19)29-26(30)20-12-15-24(31-5)21(16-20)17-32-25-9-7-6-8-23(25)27(2,3)4/h6-16,18H,17H2,1-5H3,(H,29,30)/t18-/m0/s1. The summed E-state index contributed by atoms with van der Waals surface area (Å²) in [7, 11) is 1.60. The van der Waals surface area contributed by atoms with E-state index in [1.165, 1.54) is 12.1 Å². The normalized spacial score (nSPS) is 12.2. The van der Waals surface area contributed by atoms with E-state index in [0.29, 0.717) is 11.3 Å². The average molecular weight is 436 g/mol. The minimum Gasteiger partial charge on any atom is -0.496 e. The number of benzene rings is 3. The third kappa shape index (κ3) is 5.67. The van der Waals surface area contributed by atoms with Gasteiger partial charge in [0.05, 0.1) is 13.2 Å². The smallest absolute Gasteiger partial charge is 0.251 e. The van der Waals surface area contributed by atoms with E-state index in [-0.39, 0.29) is 29.8 Å². The van der Waals surface area contributed by atoms with Crippen LogP contribution < -0.4 is 14.8 Å². The Labute approximate surface area is 189 Å². The van der Waals surface area contributed by atoms with Crippen molar-refractivity contribution in [2.24, 2.45) is 0 Å². The van der Waals surface area contributed by atoms with Crippen molar-refractivity contribution < 1.29 is 18.7 Å². The molecule has 0 radical (unpaired) electrons. The number of methoxy groups -OCH3 is 1. The number of carbonyl (C=O) groups excluding carboxylic acids is 1. The van der Waals surface area contributed by atoms with Gasteiger partial charge in [-0.05, 0) is 59.9 Å². The summed E-state index contributed by atoms with van der Waals surface area (Å²) in [5.41, 5.74) is 3.16. The van der Waals surface area contributed by atoms with E-state index in [9.17, 15) is 9.18 Å². The minimum atomic E-state index is -0.305. The zero-order valence-corrected chi connectivity index (χ0v) is 19.2. The van der Waals surface area contributed by atoms with Crippen molar-refractivity contribution in [3.63, 3.8) is 0 Å². The third-order valence-electron chi connectivity index (χ3n) is 5.34. The van der Waals surface area contributed by atoms with Crippen LogP contribution in [0, 0.1) is 5.82 Å². The van der Waals surface area contributed by atoms with Gasteiger partial charge in [-0.15, -0.1) is 0 Å². The molecule has 0 fully saturated rings. The highest BCUT2D eigenvalue weighted by molar-refractivity contribution is 5.94. The maximum atomic E-state index is 13.2. The van der Waals surface area contributed by atoms with Gasteiger partial charge in [0.1, 0.15) is 23.9 Å². The molecule has 5 heteroatoms. The van der Waals surface area contributed by atoms with Gasteiger partial charge in [0.25, 0.3) is 5.91 Å². The van der Waals surface area contributed by atoms with Gasteiger partial charge < -0.3 is 14.8 Å². The van der Waals surface area contributed by atoms with Crippen LogP contribution in [0.5, 0.6) is 11.5 Å². The number of rotatable bonds is 7. The van der Waals surface area contributed by atoms with Crippen molar-refractivity contribution in [3.05, 3.63) is 94.8 Å². The number of hydrogen-bond acceptors (Lipinski definition) is 3. The molecule has 0 unspecified atom stereocenters. The van der Waals surface area contributed by atoms with Crippen molar-refractivity contribution >= 4 is 5.91 Å². The second kappa shape index (κ2) is 9.86. The molecule has 4 nitrogen and oxygen atoms in total. The zero-order valence-electron chi connectivity index (χ0n) is 19.2. The fourth-order valence-corrected chi connectivity index (χ4v) is 3.51. The summed E-state index contributed by atoms with van der Waals surface area (Å²) in [5.74, 6) is 0.934. The average Bonchev–Trinajstić information content (AvgIpc) is 2.77. The van der Waals surface area contributed by atoms with Gasteiger partial charge in [0, 0.05) is 11.1 Å². The van der Waals surface area contributed by atoms with Crippen molar-refractivity contribution in [1.29, 1.82) is 0 Å². The molecule has 3 aromatic carbocycles. The molecule has 1 atom stereocenters. The molecule has 0 spiro atoms. The zero-order chi connectivity index (χ0) is 23.3. The number of halogens is 1. The molecular weight excluding hydrogens is 405 g/mol. The van der Waals surface area contributed by atoms with Crippen LogP contribution in [0.4, 0.5) is 4.39 Å². The molecule has 1 amide bonds. The van der Waals surface area contributed by atoms with E-state index in [1.807, 2.05) is 25.1 Å². The molecule has 0 saturated carbocycles. The molecule has 0 aliphatic rings. The maximum Gasteiger partial charge on any atom is 0.251 e. The maximum absolute atomic E-state index is 13.2. The number of amides is 1. The van der Waals surface area contributed by atoms with E-state index in [0.717, 1.165) is 22.4 Å². The first-order valence-corrected chi connectivity index (χ1v) is 10.6. The summed E-state index contributed by atoms with van der Waals surface area (Å²) in [6.45, 7) is 8.56. The van der Waals surface area contributed by atoms with Gasteiger partial charge in [-0.3, -0.25) is 4.79 Å². The molecule has 1 N–H and O–H groups in total. The van der Waals surface area contributed by atoms with Gasteiger partial charge >= 0.3 is 0 Å². The first-order valence-electron chi connectivity index (χ1n) is 10.6. The van der Waals surface area contributed by atoms with Gasteiger partial charge in [0.15, 0.2) is 0 Å². The lowest BCUT2D eigenvalue weighted by Gasteiger charge is -2.23. The monoisotopic (exact) mass is 435 g/mol. The molecule has 168 valence electrons. The van der Waals surface area contributed by atoms with Crippen molar-refractivity contribution in [2.45, 2.75) is 45.8 Å². The molecule has 0 aliphatic carbocycles. The number of hydrogen-bond donors (Lipinski definition) is 1. The largest absolute Gasteiger partial charge is 0.496 e. The van der Waals surface area contributed by atoms with E-state index < -0.39 is 0 Å². The fourth-order valence-electron chi connectivity index (χ4n) is 3.51. The molecule has 0 aromatic heterocycles. The summed E-state index contributed by atoms with van der Waals surface area (Å²) >= 11 is 0. The Kier molecular flexibility index (Phi) is 7.18. The van der Waals surface area contributed by atoms with Gasteiger partial charge in [-0.1, -0.05) is 51.1 Å². The molecule has 0 bridgehead atoms. The van der Waals surface area contributed by atoms with Crippen LogP contribution in [-0.2, 0) is 12.0 Å². The van der Waals surface area contributed by atoms with E-state index in [2.05, 4.69) is 32.2 Å². The Morgan fingerprint density at radius 2 is 1.69 bits per heavy atom. The minimum absolute atomic E-state index is 0.0566. The second-order valence-electron chi connectivity index (χ2n) is 8.81.